The fourth-order valence-corrected chi connectivity index (χ4v) is 3.04. The average molecular weight is 388 g/mol. The Morgan fingerprint density at radius 3 is 2.46 bits per heavy atom. The van der Waals surface area contributed by atoms with Gasteiger partial charge in [0.05, 0.1) is 0 Å². The second-order valence-electron chi connectivity index (χ2n) is 5.13. The normalized spacial score (nSPS) is 16.2. The van der Waals surface area contributed by atoms with Crippen molar-refractivity contribution in [3.63, 3.8) is 0 Å². The first-order valence-electron chi connectivity index (χ1n) is 7.13. The van der Waals surface area contributed by atoms with Crippen LogP contribution >= 0.6 is 0 Å². The van der Waals surface area contributed by atoms with Crippen molar-refractivity contribution in [2.24, 2.45) is 0 Å². The van der Waals surface area contributed by atoms with Crippen LogP contribution in [0.1, 0.15) is 0 Å². The second kappa shape index (κ2) is 6.84. The van der Waals surface area contributed by atoms with Crippen LogP contribution in [0.3, 0.4) is 0 Å². The van der Waals surface area contributed by atoms with Gasteiger partial charge in [-0.2, -0.15) is 0 Å². The van der Waals surface area contributed by atoms with Gasteiger partial charge in [0.15, 0.2) is 29.0 Å². The number of nitrogens with one attached hydrogen (secondary N) is 2. The predicted molar refractivity (Wildman–Crippen MR) is 81.1 cm³/mol. The molecule has 26 heavy (non-hydrogen) atoms. The molecule has 1 atom stereocenters. The van der Waals surface area contributed by atoms with Gasteiger partial charge in [0.25, 0.3) is 15.9 Å². The molecule has 1 aliphatic heterocycles. The molecule has 0 fully saturated rings. The van der Waals surface area contributed by atoms with E-state index in [0.717, 1.165) is 0 Å². The van der Waals surface area contributed by atoms with Crippen molar-refractivity contribution >= 4 is 15.9 Å². The number of rotatable bonds is 4. The molecular weight excluding hydrogens is 377 g/mol. The Hall–Kier alpha value is -2.79. The molecule has 1 heterocycles. The van der Waals surface area contributed by atoms with E-state index >= 15 is 0 Å². The second-order valence-corrected chi connectivity index (χ2v) is 6.78. The number of hydrogen-bond acceptors (Lipinski definition) is 5. The van der Waals surface area contributed by atoms with E-state index in [0.29, 0.717) is 17.9 Å². The lowest BCUT2D eigenvalue weighted by Crippen LogP contribution is -2.50. The molecule has 0 radical (unpaired) electrons. The Kier molecular flexibility index (Phi) is 4.74. The van der Waals surface area contributed by atoms with Gasteiger partial charge in [-0.3, -0.25) is 10.2 Å². The molecule has 0 aliphatic carbocycles. The third-order valence-electron chi connectivity index (χ3n) is 3.40. The van der Waals surface area contributed by atoms with Gasteiger partial charge in [0, 0.05) is 0 Å². The Labute approximate surface area is 145 Å². The number of ether oxygens (including phenoxy) is 2. The molecule has 2 aromatic rings. The Morgan fingerprint density at radius 2 is 1.73 bits per heavy atom. The third kappa shape index (κ3) is 3.44. The van der Waals surface area contributed by atoms with Crippen molar-refractivity contribution in [2.45, 2.75) is 11.0 Å². The van der Waals surface area contributed by atoms with Crippen LogP contribution in [-0.4, -0.2) is 27.0 Å². The Morgan fingerprint density at radius 1 is 1.04 bits per heavy atom. The first-order valence-corrected chi connectivity index (χ1v) is 8.61. The molecular formula is C15H11F3N2O5S. The number of fused-ring (bicyclic) bond motifs is 1. The molecule has 0 unspecified atom stereocenters. The van der Waals surface area contributed by atoms with E-state index in [1.165, 1.54) is 0 Å². The van der Waals surface area contributed by atoms with Gasteiger partial charge >= 0.3 is 0 Å². The summed E-state index contributed by atoms with van der Waals surface area (Å²) in [5.41, 5.74) is 1.82. The minimum absolute atomic E-state index is 0.190. The molecule has 3 rings (SSSR count). The number of amides is 1. The highest BCUT2D eigenvalue weighted by Crippen LogP contribution is 2.30. The highest BCUT2D eigenvalue weighted by molar-refractivity contribution is 7.89. The van der Waals surface area contributed by atoms with E-state index in [1.807, 2.05) is 5.43 Å². The van der Waals surface area contributed by atoms with Crippen molar-refractivity contribution in [3.05, 3.63) is 53.8 Å². The molecule has 2 aromatic carbocycles. The van der Waals surface area contributed by atoms with Gasteiger partial charge < -0.3 is 9.47 Å². The smallest absolute Gasteiger partial charge is 0.279 e. The number of halogens is 3. The topological polar surface area (TPSA) is 93.7 Å². The zero-order chi connectivity index (χ0) is 18.9. The van der Waals surface area contributed by atoms with Crippen LogP contribution in [0.25, 0.3) is 0 Å². The van der Waals surface area contributed by atoms with Gasteiger partial charge in [-0.1, -0.05) is 12.1 Å². The summed E-state index contributed by atoms with van der Waals surface area (Å²) in [7, 11) is -4.68. The number of carbonyl (C=O) groups excluding carboxylic acids is 1. The Balaban J connectivity index is 1.69. The number of hydrazine groups is 1. The number of sulfonamides is 1. The summed E-state index contributed by atoms with van der Waals surface area (Å²) in [5, 5.41) is 0. The average Bonchev–Trinajstić information content (AvgIpc) is 2.63. The quantitative estimate of drug-likeness (QED) is 0.608. The molecule has 2 N–H and O–H groups in total. The molecule has 0 saturated heterocycles. The van der Waals surface area contributed by atoms with Crippen LogP contribution < -0.4 is 19.7 Å². The maximum absolute atomic E-state index is 13.6. The molecule has 0 spiro atoms. The zero-order valence-corrected chi connectivity index (χ0v) is 13.6. The van der Waals surface area contributed by atoms with E-state index in [9.17, 15) is 26.4 Å². The minimum atomic E-state index is -4.68. The molecule has 1 aliphatic rings. The zero-order valence-electron chi connectivity index (χ0n) is 12.8. The van der Waals surface area contributed by atoms with Crippen LogP contribution in [0, 0.1) is 17.5 Å². The van der Waals surface area contributed by atoms with Gasteiger partial charge in [0.2, 0.25) is 6.10 Å². The summed E-state index contributed by atoms with van der Waals surface area (Å²) in [5.74, 6) is -5.62. The van der Waals surface area contributed by atoms with Crippen molar-refractivity contribution in [1.29, 1.82) is 0 Å². The van der Waals surface area contributed by atoms with Crippen LogP contribution in [0.15, 0.2) is 41.3 Å². The van der Waals surface area contributed by atoms with E-state index < -0.39 is 44.4 Å². The monoisotopic (exact) mass is 388 g/mol. The lowest BCUT2D eigenvalue weighted by molar-refractivity contribution is -0.130. The lowest BCUT2D eigenvalue weighted by Gasteiger charge is -2.25. The van der Waals surface area contributed by atoms with Crippen LogP contribution in [0.2, 0.25) is 0 Å². The summed E-state index contributed by atoms with van der Waals surface area (Å²) < 4.78 is 74.3. The maximum atomic E-state index is 13.6. The summed E-state index contributed by atoms with van der Waals surface area (Å²) in [6, 6.07) is 7.50. The van der Waals surface area contributed by atoms with Gasteiger partial charge in [-0.05, 0) is 24.3 Å². The fraction of sp³-hybridized carbons (Fsp3) is 0.133. The van der Waals surface area contributed by atoms with Gasteiger partial charge in [-0.25, -0.2) is 21.6 Å². The fourth-order valence-electron chi connectivity index (χ4n) is 2.12. The van der Waals surface area contributed by atoms with Crippen LogP contribution in [0.4, 0.5) is 13.2 Å². The first kappa shape index (κ1) is 18.0. The molecule has 7 nitrogen and oxygen atoms in total. The Bertz CT molecular complexity index is 968. The molecule has 11 heteroatoms. The minimum Gasteiger partial charge on any atom is -0.485 e. The maximum Gasteiger partial charge on any atom is 0.279 e. The molecule has 0 saturated carbocycles. The number of para-hydroxylation sites is 2. The summed E-state index contributed by atoms with van der Waals surface area (Å²) in [4.78, 5) is 12.4. The van der Waals surface area contributed by atoms with E-state index in [1.54, 1.807) is 29.1 Å². The lowest BCUT2D eigenvalue weighted by atomic mass is 10.2. The highest BCUT2D eigenvalue weighted by Gasteiger charge is 2.29. The standard InChI is InChI=1S/C15H11F3N2O5S/c16-8-5-6-12(14(18)13(8)17)26(22,23)20-19-15(21)11-7-24-9-3-1-2-4-10(9)25-11/h1-6,11,20H,7H2,(H,19,21)/t11-/m1/s1. The van der Waals surface area contributed by atoms with Gasteiger partial charge in [0.1, 0.15) is 11.5 Å². The number of carbonyl (C=O) groups is 1. The SMILES string of the molecule is O=C(NNS(=O)(=O)c1ccc(F)c(F)c1F)[C@H]1COc2ccccc2O1. The number of benzene rings is 2. The van der Waals surface area contributed by atoms with Crippen molar-refractivity contribution in [2.75, 3.05) is 6.61 Å². The molecule has 0 aromatic heterocycles. The predicted octanol–water partition coefficient (Wildman–Crippen LogP) is 1.25. The van der Waals surface area contributed by atoms with Crippen molar-refractivity contribution < 1.29 is 35.9 Å². The van der Waals surface area contributed by atoms with E-state index in [2.05, 4.69) is 0 Å². The molecule has 138 valence electrons. The van der Waals surface area contributed by atoms with E-state index in [4.69, 9.17) is 9.47 Å². The highest BCUT2D eigenvalue weighted by atomic mass is 32.2. The van der Waals surface area contributed by atoms with Crippen molar-refractivity contribution in [1.82, 2.24) is 10.3 Å². The van der Waals surface area contributed by atoms with Crippen LogP contribution in [-0.2, 0) is 14.8 Å². The summed E-state index contributed by atoms with van der Waals surface area (Å²) >= 11 is 0. The first-order chi connectivity index (χ1) is 12.3. The third-order valence-corrected chi connectivity index (χ3v) is 4.66. The summed E-state index contributed by atoms with van der Waals surface area (Å²) in [6.45, 7) is -0.190. The van der Waals surface area contributed by atoms with Crippen LogP contribution in [0.5, 0.6) is 11.5 Å². The molecule has 1 amide bonds. The van der Waals surface area contributed by atoms with Crippen molar-refractivity contribution in [3.8, 4) is 11.5 Å². The summed E-state index contributed by atoms with van der Waals surface area (Å²) in [6.07, 6.45) is -1.18. The largest absolute Gasteiger partial charge is 0.485 e. The molecule has 0 bridgehead atoms. The van der Waals surface area contributed by atoms with E-state index in [-0.39, 0.29) is 12.4 Å². The van der Waals surface area contributed by atoms with Gasteiger partial charge in [-0.15, -0.1) is 4.83 Å². The number of hydrogen-bond donors (Lipinski definition) is 2.